The molecule has 0 aliphatic heterocycles. The Morgan fingerprint density at radius 3 is 2.50 bits per heavy atom. The van der Waals surface area contributed by atoms with Crippen LogP contribution in [0.4, 0.5) is 0 Å². The van der Waals surface area contributed by atoms with Gasteiger partial charge < -0.3 is 0 Å². The van der Waals surface area contributed by atoms with Crippen molar-refractivity contribution >= 4 is 5.78 Å². The standard InChI is InChI=1S/C9H16O/c1-7-4-5-8(10)9(2,3)6-7/h7H,4-6H2,1-3H3. The van der Waals surface area contributed by atoms with Crippen LogP contribution in [-0.4, -0.2) is 5.78 Å². The lowest BCUT2D eigenvalue weighted by Gasteiger charge is -2.31. The lowest BCUT2D eigenvalue weighted by Crippen LogP contribution is -2.31. The highest BCUT2D eigenvalue weighted by atomic mass is 16.1. The van der Waals surface area contributed by atoms with Gasteiger partial charge in [0.05, 0.1) is 0 Å². The fraction of sp³-hybridized carbons (Fsp3) is 0.889. The molecule has 10 heavy (non-hydrogen) atoms. The van der Waals surface area contributed by atoms with Crippen LogP contribution in [-0.2, 0) is 4.79 Å². The Hall–Kier alpha value is -0.330. The Morgan fingerprint density at radius 2 is 2.10 bits per heavy atom. The van der Waals surface area contributed by atoms with Crippen LogP contribution in [0.25, 0.3) is 0 Å². The van der Waals surface area contributed by atoms with Crippen LogP contribution >= 0.6 is 0 Å². The Labute approximate surface area is 62.8 Å². The van der Waals surface area contributed by atoms with Gasteiger partial charge in [0.2, 0.25) is 0 Å². The highest BCUT2D eigenvalue weighted by Crippen LogP contribution is 2.35. The predicted octanol–water partition coefficient (Wildman–Crippen LogP) is 2.40. The number of carbonyl (C=O) groups excluding carboxylic acids is 1. The van der Waals surface area contributed by atoms with E-state index in [0.29, 0.717) is 5.78 Å². The number of hydrogen-bond donors (Lipinski definition) is 0. The van der Waals surface area contributed by atoms with Gasteiger partial charge in [-0.25, -0.2) is 0 Å². The predicted molar refractivity (Wildman–Crippen MR) is 41.8 cm³/mol. The SMILES string of the molecule is CC1CCC(=O)C(C)(C)C1. The van der Waals surface area contributed by atoms with Crippen LogP contribution in [0.2, 0.25) is 0 Å². The minimum Gasteiger partial charge on any atom is -0.299 e. The van der Waals surface area contributed by atoms with Crippen molar-refractivity contribution in [2.24, 2.45) is 11.3 Å². The molecular formula is C9H16O. The normalized spacial score (nSPS) is 32.3. The molecule has 1 heteroatoms. The fourth-order valence-corrected chi connectivity index (χ4v) is 1.80. The van der Waals surface area contributed by atoms with Crippen molar-refractivity contribution in [2.45, 2.75) is 40.0 Å². The van der Waals surface area contributed by atoms with E-state index in [1.165, 1.54) is 0 Å². The zero-order valence-corrected chi connectivity index (χ0v) is 7.11. The first kappa shape index (κ1) is 7.77. The first-order valence-corrected chi connectivity index (χ1v) is 4.06. The molecule has 58 valence electrons. The molecule has 1 atom stereocenters. The van der Waals surface area contributed by atoms with Gasteiger partial charge in [0.25, 0.3) is 0 Å². The lowest BCUT2D eigenvalue weighted by molar-refractivity contribution is -0.130. The third kappa shape index (κ3) is 1.39. The molecule has 1 nitrogen and oxygen atoms in total. The summed E-state index contributed by atoms with van der Waals surface area (Å²) in [5.41, 5.74) is -0.0301. The Balaban J connectivity index is 2.63. The molecule has 0 spiro atoms. The third-order valence-corrected chi connectivity index (χ3v) is 2.48. The van der Waals surface area contributed by atoms with Crippen LogP contribution in [0.3, 0.4) is 0 Å². The summed E-state index contributed by atoms with van der Waals surface area (Å²) in [4.78, 5) is 11.3. The van der Waals surface area contributed by atoms with Gasteiger partial charge in [0, 0.05) is 11.8 Å². The number of hydrogen-bond acceptors (Lipinski definition) is 1. The highest BCUT2D eigenvalue weighted by molar-refractivity contribution is 5.84. The molecular weight excluding hydrogens is 124 g/mol. The van der Waals surface area contributed by atoms with Crippen molar-refractivity contribution in [1.29, 1.82) is 0 Å². The second-order valence-corrected chi connectivity index (χ2v) is 4.16. The van der Waals surface area contributed by atoms with Crippen LogP contribution < -0.4 is 0 Å². The van der Waals surface area contributed by atoms with E-state index in [2.05, 4.69) is 20.8 Å². The van der Waals surface area contributed by atoms with Crippen LogP contribution in [0.1, 0.15) is 40.0 Å². The van der Waals surface area contributed by atoms with Gasteiger partial charge in [-0.2, -0.15) is 0 Å². The summed E-state index contributed by atoms with van der Waals surface area (Å²) < 4.78 is 0. The average molecular weight is 140 g/mol. The van der Waals surface area contributed by atoms with Crippen molar-refractivity contribution in [3.8, 4) is 0 Å². The van der Waals surface area contributed by atoms with Gasteiger partial charge in [-0.15, -0.1) is 0 Å². The Kier molecular flexibility index (Phi) is 1.84. The summed E-state index contributed by atoms with van der Waals surface area (Å²) in [7, 11) is 0. The number of carbonyl (C=O) groups is 1. The van der Waals surface area contributed by atoms with Crippen LogP contribution in [0.5, 0.6) is 0 Å². The van der Waals surface area contributed by atoms with E-state index in [1.807, 2.05) is 0 Å². The number of rotatable bonds is 0. The topological polar surface area (TPSA) is 17.1 Å². The molecule has 1 rings (SSSR count). The monoisotopic (exact) mass is 140 g/mol. The van der Waals surface area contributed by atoms with E-state index < -0.39 is 0 Å². The summed E-state index contributed by atoms with van der Waals surface area (Å²) in [6, 6.07) is 0. The average Bonchev–Trinajstić information content (AvgIpc) is 1.78. The Morgan fingerprint density at radius 1 is 1.50 bits per heavy atom. The molecule has 0 aromatic heterocycles. The molecule has 0 bridgehead atoms. The first-order chi connectivity index (χ1) is 4.52. The zero-order chi connectivity index (χ0) is 7.78. The van der Waals surface area contributed by atoms with E-state index in [0.717, 1.165) is 25.2 Å². The van der Waals surface area contributed by atoms with Crippen molar-refractivity contribution in [1.82, 2.24) is 0 Å². The Bertz CT molecular complexity index is 147. The summed E-state index contributed by atoms with van der Waals surface area (Å²) in [6.07, 6.45) is 2.97. The third-order valence-electron chi connectivity index (χ3n) is 2.48. The van der Waals surface area contributed by atoms with Crippen molar-refractivity contribution in [3.05, 3.63) is 0 Å². The maximum absolute atomic E-state index is 11.3. The van der Waals surface area contributed by atoms with E-state index >= 15 is 0 Å². The molecule has 0 N–H and O–H groups in total. The van der Waals surface area contributed by atoms with Gasteiger partial charge in [0.15, 0.2) is 0 Å². The second-order valence-electron chi connectivity index (χ2n) is 4.16. The first-order valence-electron chi connectivity index (χ1n) is 4.06. The molecule has 1 saturated carbocycles. The molecule has 0 aromatic carbocycles. The van der Waals surface area contributed by atoms with E-state index in [1.54, 1.807) is 0 Å². The lowest BCUT2D eigenvalue weighted by atomic mass is 9.72. The molecule has 1 aliphatic rings. The molecule has 0 heterocycles. The smallest absolute Gasteiger partial charge is 0.138 e. The van der Waals surface area contributed by atoms with Crippen molar-refractivity contribution < 1.29 is 4.79 Å². The second kappa shape index (κ2) is 2.37. The molecule has 0 saturated heterocycles. The zero-order valence-electron chi connectivity index (χ0n) is 7.11. The van der Waals surface area contributed by atoms with Gasteiger partial charge >= 0.3 is 0 Å². The van der Waals surface area contributed by atoms with E-state index in [4.69, 9.17) is 0 Å². The summed E-state index contributed by atoms with van der Waals surface area (Å²) >= 11 is 0. The number of Topliss-reactive ketones (excluding diaryl/α,β-unsaturated/α-hetero) is 1. The minimum absolute atomic E-state index is 0.0301. The largest absolute Gasteiger partial charge is 0.299 e. The molecule has 0 radical (unpaired) electrons. The van der Waals surface area contributed by atoms with Crippen molar-refractivity contribution in [2.75, 3.05) is 0 Å². The highest BCUT2D eigenvalue weighted by Gasteiger charge is 2.32. The van der Waals surface area contributed by atoms with Gasteiger partial charge in [-0.05, 0) is 18.8 Å². The quantitative estimate of drug-likeness (QED) is 0.505. The molecule has 1 aliphatic carbocycles. The van der Waals surface area contributed by atoms with Gasteiger partial charge in [0.1, 0.15) is 5.78 Å². The van der Waals surface area contributed by atoms with E-state index in [9.17, 15) is 4.79 Å². The minimum atomic E-state index is -0.0301. The van der Waals surface area contributed by atoms with Gasteiger partial charge in [-0.1, -0.05) is 20.8 Å². The summed E-state index contributed by atoms with van der Waals surface area (Å²) in [5, 5.41) is 0. The molecule has 0 aromatic rings. The van der Waals surface area contributed by atoms with Crippen LogP contribution in [0.15, 0.2) is 0 Å². The fourth-order valence-electron chi connectivity index (χ4n) is 1.80. The maximum Gasteiger partial charge on any atom is 0.138 e. The summed E-state index contributed by atoms with van der Waals surface area (Å²) in [6.45, 7) is 6.35. The maximum atomic E-state index is 11.3. The molecule has 1 unspecified atom stereocenters. The van der Waals surface area contributed by atoms with Gasteiger partial charge in [-0.3, -0.25) is 4.79 Å². The van der Waals surface area contributed by atoms with Crippen molar-refractivity contribution in [3.63, 3.8) is 0 Å². The molecule has 1 fully saturated rings. The number of ketones is 1. The summed E-state index contributed by atoms with van der Waals surface area (Å²) in [5.74, 6) is 1.19. The van der Waals surface area contributed by atoms with E-state index in [-0.39, 0.29) is 5.41 Å². The molecule has 0 amide bonds. The van der Waals surface area contributed by atoms with Crippen LogP contribution in [0, 0.1) is 11.3 Å².